The van der Waals surface area contributed by atoms with Crippen molar-refractivity contribution in [3.63, 3.8) is 0 Å². The lowest BCUT2D eigenvalue weighted by Gasteiger charge is -2.28. The second-order valence-electron chi connectivity index (χ2n) is 6.92. The summed E-state index contributed by atoms with van der Waals surface area (Å²) in [6, 6.07) is 14.4. The minimum atomic E-state index is -3.55. The minimum Gasteiger partial charge on any atom is -0.360 e. The predicted octanol–water partition coefficient (Wildman–Crippen LogP) is 3.10. The highest BCUT2D eigenvalue weighted by molar-refractivity contribution is 7.89. The number of nitrogens with zero attached hydrogens (tertiary/aromatic N) is 2. The Bertz CT molecular complexity index is 891. The number of anilines is 2. The van der Waals surface area contributed by atoms with Crippen LogP contribution in [0.5, 0.6) is 0 Å². The zero-order valence-electron chi connectivity index (χ0n) is 16.4. The van der Waals surface area contributed by atoms with E-state index in [4.69, 9.17) is 0 Å². The Hall–Kier alpha value is -2.38. The third-order valence-electron chi connectivity index (χ3n) is 4.20. The van der Waals surface area contributed by atoms with E-state index in [0.717, 1.165) is 15.6 Å². The molecule has 0 saturated carbocycles. The molecule has 2 aromatic carbocycles. The maximum atomic E-state index is 12.5. The summed E-state index contributed by atoms with van der Waals surface area (Å²) in [6.07, 6.45) is 0. The molecule has 0 spiro atoms. The number of hydrogen-bond acceptors (Lipinski definition) is 4. The summed E-state index contributed by atoms with van der Waals surface area (Å²) in [4.78, 5) is 14.7. The molecule has 1 amide bonds. The monoisotopic (exact) mass is 389 g/mol. The molecule has 2 rings (SSSR count). The fourth-order valence-electron chi connectivity index (χ4n) is 2.61. The van der Waals surface area contributed by atoms with Crippen LogP contribution in [0.15, 0.2) is 53.4 Å². The van der Waals surface area contributed by atoms with Crippen molar-refractivity contribution in [3.8, 4) is 0 Å². The lowest BCUT2D eigenvalue weighted by molar-refractivity contribution is -0.115. The number of rotatable bonds is 7. The van der Waals surface area contributed by atoms with Gasteiger partial charge in [0.05, 0.1) is 11.4 Å². The highest BCUT2D eigenvalue weighted by Crippen LogP contribution is 2.20. The largest absolute Gasteiger partial charge is 0.360 e. The predicted molar refractivity (Wildman–Crippen MR) is 110 cm³/mol. The third kappa shape index (κ3) is 5.30. The first-order chi connectivity index (χ1) is 12.6. The molecule has 146 valence electrons. The second-order valence-corrected chi connectivity index (χ2v) is 9.07. The van der Waals surface area contributed by atoms with Gasteiger partial charge in [-0.3, -0.25) is 4.79 Å². The van der Waals surface area contributed by atoms with Gasteiger partial charge in [0.2, 0.25) is 15.9 Å². The van der Waals surface area contributed by atoms with Crippen molar-refractivity contribution in [1.82, 2.24) is 4.31 Å². The Kier molecular flexibility index (Phi) is 6.62. The topological polar surface area (TPSA) is 69.7 Å². The van der Waals surface area contributed by atoms with Crippen molar-refractivity contribution < 1.29 is 13.2 Å². The molecule has 0 aromatic heterocycles. The fraction of sp³-hybridized carbons (Fsp3) is 0.350. The van der Waals surface area contributed by atoms with Crippen LogP contribution in [0, 0.1) is 6.92 Å². The van der Waals surface area contributed by atoms with Gasteiger partial charge in [-0.1, -0.05) is 23.8 Å². The van der Waals surface area contributed by atoms with E-state index in [9.17, 15) is 13.2 Å². The van der Waals surface area contributed by atoms with E-state index in [1.54, 1.807) is 12.1 Å². The first kappa shape index (κ1) is 20.9. The molecular formula is C20H27N3O3S. The molecule has 0 fully saturated rings. The molecule has 2 aromatic rings. The van der Waals surface area contributed by atoms with Gasteiger partial charge in [-0.15, -0.1) is 0 Å². The van der Waals surface area contributed by atoms with Gasteiger partial charge in [0.25, 0.3) is 0 Å². The van der Waals surface area contributed by atoms with Crippen molar-refractivity contribution in [2.24, 2.45) is 0 Å². The maximum Gasteiger partial charge on any atom is 0.243 e. The molecule has 0 bridgehead atoms. The Morgan fingerprint density at radius 3 is 2.26 bits per heavy atom. The van der Waals surface area contributed by atoms with Crippen molar-refractivity contribution in [1.29, 1.82) is 0 Å². The number of benzene rings is 2. The number of carbonyl (C=O) groups excluding carboxylic acids is 1. The van der Waals surface area contributed by atoms with Crippen LogP contribution in [0.25, 0.3) is 0 Å². The number of carbonyl (C=O) groups is 1. The normalized spacial score (nSPS) is 11.7. The SMILES string of the molecule is Cc1ccc(N(CC(=O)Nc2cccc(S(=O)(=O)N(C)C)c2)C(C)C)cc1. The van der Waals surface area contributed by atoms with Gasteiger partial charge in [0.1, 0.15) is 0 Å². The number of aryl methyl sites for hydroxylation is 1. The highest BCUT2D eigenvalue weighted by Gasteiger charge is 2.19. The van der Waals surface area contributed by atoms with Crippen molar-refractivity contribution in [3.05, 3.63) is 54.1 Å². The van der Waals surface area contributed by atoms with Gasteiger partial charge in [0, 0.05) is 31.5 Å². The van der Waals surface area contributed by atoms with Crippen molar-refractivity contribution in [2.75, 3.05) is 30.9 Å². The van der Waals surface area contributed by atoms with Crippen LogP contribution in [-0.2, 0) is 14.8 Å². The van der Waals surface area contributed by atoms with E-state index in [-0.39, 0.29) is 23.4 Å². The van der Waals surface area contributed by atoms with Gasteiger partial charge in [-0.25, -0.2) is 12.7 Å². The average molecular weight is 390 g/mol. The van der Waals surface area contributed by atoms with E-state index < -0.39 is 10.0 Å². The van der Waals surface area contributed by atoms with Crippen LogP contribution >= 0.6 is 0 Å². The Labute approximate surface area is 161 Å². The lowest BCUT2D eigenvalue weighted by Crippen LogP contribution is -2.38. The Morgan fingerprint density at radius 1 is 1.07 bits per heavy atom. The smallest absolute Gasteiger partial charge is 0.243 e. The summed E-state index contributed by atoms with van der Waals surface area (Å²) in [6.45, 7) is 6.24. The van der Waals surface area contributed by atoms with E-state index in [0.29, 0.717) is 5.69 Å². The average Bonchev–Trinajstić information content (AvgIpc) is 2.60. The molecular weight excluding hydrogens is 362 g/mol. The van der Waals surface area contributed by atoms with E-state index in [1.807, 2.05) is 49.9 Å². The first-order valence-electron chi connectivity index (χ1n) is 8.77. The van der Waals surface area contributed by atoms with Crippen molar-refractivity contribution in [2.45, 2.75) is 31.7 Å². The van der Waals surface area contributed by atoms with Crippen LogP contribution in [0.4, 0.5) is 11.4 Å². The van der Waals surface area contributed by atoms with Gasteiger partial charge in [-0.2, -0.15) is 0 Å². The lowest BCUT2D eigenvalue weighted by atomic mass is 10.2. The highest BCUT2D eigenvalue weighted by atomic mass is 32.2. The van der Waals surface area contributed by atoms with Crippen LogP contribution in [0.1, 0.15) is 19.4 Å². The van der Waals surface area contributed by atoms with Gasteiger partial charge in [0.15, 0.2) is 0 Å². The number of amides is 1. The summed E-state index contributed by atoms with van der Waals surface area (Å²) >= 11 is 0. The van der Waals surface area contributed by atoms with E-state index >= 15 is 0 Å². The molecule has 6 nitrogen and oxygen atoms in total. The molecule has 1 N–H and O–H groups in total. The van der Waals surface area contributed by atoms with E-state index in [2.05, 4.69) is 5.32 Å². The number of hydrogen-bond donors (Lipinski definition) is 1. The molecule has 7 heteroatoms. The minimum absolute atomic E-state index is 0.138. The summed E-state index contributed by atoms with van der Waals surface area (Å²) in [7, 11) is -0.597. The van der Waals surface area contributed by atoms with E-state index in [1.165, 1.54) is 26.2 Å². The van der Waals surface area contributed by atoms with Crippen LogP contribution < -0.4 is 10.2 Å². The Balaban J connectivity index is 2.15. The van der Waals surface area contributed by atoms with Gasteiger partial charge in [-0.05, 0) is 51.1 Å². The quantitative estimate of drug-likeness (QED) is 0.790. The standard InChI is InChI=1S/C20H27N3O3S/c1-15(2)23(18-11-9-16(3)10-12-18)14-20(24)21-17-7-6-8-19(13-17)27(25,26)22(4)5/h6-13,15H,14H2,1-5H3,(H,21,24). The van der Waals surface area contributed by atoms with Crippen LogP contribution in [-0.4, -0.2) is 45.3 Å². The zero-order chi connectivity index (χ0) is 20.2. The first-order valence-corrected chi connectivity index (χ1v) is 10.2. The molecule has 0 atom stereocenters. The molecule has 0 aliphatic carbocycles. The molecule has 0 aliphatic rings. The Morgan fingerprint density at radius 2 is 1.70 bits per heavy atom. The summed E-state index contributed by atoms with van der Waals surface area (Å²) in [5.41, 5.74) is 2.58. The van der Waals surface area contributed by atoms with Crippen LogP contribution in [0.3, 0.4) is 0 Å². The van der Waals surface area contributed by atoms with Gasteiger partial charge >= 0.3 is 0 Å². The van der Waals surface area contributed by atoms with Crippen LogP contribution in [0.2, 0.25) is 0 Å². The molecule has 0 unspecified atom stereocenters. The molecule has 0 saturated heterocycles. The van der Waals surface area contributed by atoms with Crippen molar-refractivity contribution >= 4 is 27.3 Å². The summed E-state index contributed by atoms with van der Waals surface area (Å²) in [5.74, 6) is -0.205. The van der Waals surface area contributed by atoms with Gasteiger partial charge < -0.3 is 10.2 Å². The summed E-state index contributed by atoms with van der Waals surface area (Å²) < 4.78 is 25.7. The maximum absolute atomic E-state index is 12.5. The molecule has 0 aliphatic heterocycles. The number of sulfonamides is 1. The fourth-order valence-corrected chi connectivity index (χ4v) is 3.56. The second kappa shape index (κ2) is 8.54. The molecule has 0 heterocycles. The summed E-state index contributed by atoms with van der Waals surface area (Å²) in [5, 5.41) is 2.80. The molecule has 0 radical (unpaired) electrons. The third-order valence-corrected chi connectivity index (χ3v) is 6.01. The molecule has 27 heavy (non-hydrogen) atoms. The number of nitrogens with one attached hydrogen (secondary N) is 1. The zero-order valence-corrected chi connectivity index (χ0v) is 17.2.